The molecule has 10 heteroatoms. The van der Waals surface area contributed by atoms with Crippen LogP contribution >= 0.6 is 11.6 Å². The predicted octanol–water partition coefficient (Wildman–Crippen LogP) is 2.73. The van der Waals surface area contributed by atoms with Crippen LogP contribution in [-0.4, -0.2) is 62.9 Å². The summed E-state index contributed by atoms with van der Waals surface area (Å²) in [6.07, 6.45) is 2.94. The second-order valence-corrected chi connectivity index (χ2v) is 7.30. The minimum atomic E-state index is -3.07. The molecule has 0 aromatic carbocycles. The van der Waals surface area contributed by atoms with Gasteiger partial charge in [0.25, 0.3) is 11.9 Å². The quantitative estimate of drug-likeness (QED) is 0.635. The first-order valence-corrected chi connectivity index (χ1v) is 8.79. The third-order valence-corrected chi connectivity index (χ3v) is 4.89. The lowest BCUT2D eigenvalue weighted by atomic mass is 10.1. The molecule has 142 valence electrons. The smallest absolute Gasteiger partial charge is 0.287 e. The van der Waals surface area contributed by atoms with E-state index in [0.29, 0.717) is 17.4 Å². The average Bonchev–Trinajstić information content (AvgIpc) is 2.91. The number of hydrogen-bond donors (Lipinski definition) is 0. The number of likely N-dealkylation sites (N-methyl/N-ethyl adjacent to an activating group) is 1. The van der Waals surface area contributed by atoms with Gasteiger partial charge in [0, 0.05) is 44.5 Å². The molecule has 0 saturated carbocycles. The van der Waals surface area contributed by atoms with Crippen LogP contribution in [0, 0.1) is 0 Å². The average molecular weight is 394 g/mol. The van der Waals surface area contributed by atoms with E-state index in [1.165, 1.54) is 16.9 Å². The van der Waals surface area contributed by atoms with Gasteiger partial charge in [0.2, 0.25) is 0 Å². The van der Waals surface area contributed by atoms with Gasteiger partial charge in [-0.25, -0.2) is 15.0 Å². The Morgan fingerprint density at radius 2 is 2.00 bits per heavy atom. The molecule has 0 bridgehead atoms. The third-order valence-electron chi connectivity index (χ3n) is 4.69. The molecule has 27 heavy (non-hydrogen) atoms. The van der Waals surface area contributed by atoms with E-state index in [-0.39, 0.29) is 16.8 Å². The van der Waals surface area contributed by atoms with Crippen molar-refractivity contribution in [2.75, 3.05) is 32.1 Å². The highest BCUT2D eigenvalue weighted by Gasteiger charge is 2.32. The van der Waals surface area contributed by atoms with Gasteiger partial charge < -0.3 is 9.80 Å². The topological polar surface area (TPSA) is 63.0 Å². The highest BCUT2D eigenvalue weighted by molar-refractivity contribution is 6.30. The number of rotatable bonds is 4. The molecule has 0 N–H and O–H groups in total. The van der Waals surface area contributed by atoms with Gasteiger partial charge in [-0.2, -0.15) is 13.5 Å². The summed E-state index contributed by atoms with van der Waals surface area (Å²) >= 11 is 6.05. The molecule has 4 heterocycles. The van der Waals surface area contributed by atoms with Gasteiger partial charge >= 0.3 is 0 Å². The van der Waals surface area contributed by atoms with E-state index < -0.39 is 5.92 Å². The van der Waals surface area contributed by atoms with E-state index in [1.807, 2.05) is 14.1 Å². The number of hydrogen-bond acceptors (Lipinski definition) is 6. The van der Waals surface area contributed by atoms with Crippen molar-refractivity contribution in [2.24, 2.45) is 0 Å². The minimum absolute atomic E-state index is 0.0669. The fraction of sp³-hybridized carbons (Fsp3) is 0.412. The van der Waals surface area contributed by atoms with Crippen molar-refractivity contribution in [1.82, 2.24) is 29.6 Å². The first-order chi connectivity index (χ1) is 12.7. The molecular formula is C17H18ClF2N7. The standard InChI is InChI=1S/C17H18ClF2N7/c1-17(19,20)13-4-5-21-16(23-13)27-12-6-14(18)22-7-11(12)15(24-27)26-8-10(9-26)25(2)3/h4-7,10H,8-9H2,1-3H3. The zero-order chi connectivity index (χ0) is 19.3. The summed E-state index contributed by atoms with van der Waals surface area (Å²) in [6.45, 7) is 2.43. The lowest BCUT2D eigenvalue weighted by Crippen LogP contribution is -2.57. The second-order valence-electron chi connectivity index (χ2n) is 6.91. The van der Waals surface area contributed by atoms with Gasteiger partial charge in [-0.1, -0.05) is 11.6 Å². The molecule has 1 aliphatic rings. The normalized spacial score (nSPS) is 15.6. The largest absolute Gasteiger partial charge is 0.351 e. The van der Waals surface area contributed by atoms with E-state index in [1.54, 1.807) is 12.3 Å². The molecular weight excluding hydrogens is 376 g/mol. The summed E-state index contributed by atoms with van der Waals surface area (Å²) in [5.41, 5.74) is 0.254. The van der Waals surface area contributed by atoms with Crippen molar-refractivity contribution in [3.05, 3.63) is 35.4 Å². The number of fused-ring (bicyclic) bond motifs is 1. The maximum absolute atomic E-state index is 13.7. The van der Waals surface area contributed by atoms with E-state index in [0.717, 1.165) is 25.4 Å². The Kier molecular flexibility index (Phi) is 4.23. The fourth-order valence-electron chi connectivity index (χ4n) is 3.01. The van der Waals surface area contributed by atoms with E-state index in [9.17, 15) is 8.78 Å². The van der Waals surface area contributed by atoms with Crippen LogP contribution in [0.25, 0.3) is 16.9 Å². The fourth-order valence-corrected chi connectivity index (χ4v) is 3.16. The molecule has 0 unspecified atom stereocenters. The first kappa shape index (κ1) is 18.0. The second kappa shape index (κ2) is 6.35. The molecule has 0 amide bonds. The molecule has 7 nitrogen and oxygen atoms in total. The number of halogens is 3. The van der Waals surface area contributed by atoms with Crippen LogP contribution in [0.2, 0.25) is 5.15 Å². The zero-order valence-electron chi connectivity index (χ0n) is 15.1. The molecule has 3 aromatic heterocycles. The Bertz CT molecular complexity index is 993. The van der Waals surface area contributed by atoms with Gasteiger partial charge in [0.1, 0.15) is 10.8 Å². The van der Waals surface area contributed by atoms with Gasteiger partial charge in [0.05, 0.1) is 10.9 Å². The van der Waals surface area contributed by atoms with Gasteiger partial charge in [0.15, 0.2) is 5.82 Å². The maximum Gasteiger partial charge on any atom is 0.287 e. The monoisotopic (exact) mass is 393 g/mol. The first-order valence-electron chi connectivity index (χ1n) is 8.41. The van der Waals surface area contributed by atoms with Crippen molar-refractivity contribution < 1.29 is 8.78 Å². The SMILES string of the molecule is CN(C)C1CN(c2nn(-c3nccc(C(C)(F)F)n3)c3cc(Cl)ncc23)C1. The van der Waals surface area contributed by atoms with Crippen LogP contribution in [0.3, 0.4) is 0 Å². The van der Waals surface area contributed by atoms with Crippen molar-refractivity contribution in [1.29, 1.82) is 0 Å². The molecule has 0 spiro atoms. The summed E-state index contributed by atoms with van der Waals surface area (Å²) in [4.78, 5) is 16.5. The third kappa shape index (κ3) is 3.21. The van der Waals surface area contributed by atoms with Crippen LogP contribution in [0.15, 0.2) is 24.5 Å². The molecule has 0 atom stereocenters. The number of alkyl halides is 2. The minimum Gasteiger partial charge on any atom is -0.351 e. The summed E-state index contributed by atoms with van der Waals surface area (Å²) < 4.78 is 28.8. The molecule has 1 fully saturated rings. The highest BCUT2D eigenvalue weighted by atomic mass is 35.5. The van der Waals surface area contributed by atoms with Crippen molar-refractivity contribution in [2.45, 2.75) is 18.9 Å². The molecule has 0 aliphatic carbocycles. The Morgan fingerprint density at radius 3 is 2.67 bits per heavy atom. The highest BCUT2D eigenvalue weighted by Crippen LogP contribution is 2.32. The predicted molar refractivity (Wildman–Crippen MR) is 98.7 cm³/mol. The number of anilines is 1. The van der Waals surface area contributed by atoms with Crippen molar-refractivity contribution in [3.63, 3.8) is 0 Å². The lowest BCUT2D eigenvalue weighted by Gasteiger charge is -2.43. The van der Waals surface area contributed by atoms with Crippen LogP contribution in [-0.2, 0) is 5.92 Å². The number of pyridine rings is 1. The molecule has 4 rings (SSSR count). The van der Waals surface area contributed by atoms with Crippen LogP contribution < -0.4 is 4.90 Å². The summed E-state index contributed by atoms with van der Waals surface area (Å²) in [7, 11) is 4.06. The maximum atomic E-state index is 13.7. The van der Waals surface area contributed by atoms with Gasteiger partial charge in [-0.3, -0.25) is 0 Å². The Labute approximate surface area is 159 Å². The van der Waals surface area contributed by atoms with Gasteiger partial charge in [-0.15, -0.1) is 5.10 Å². The van der Waals surface area contributed by atoms with E-state index in [2.05, 4.69) is 29.9 Å². The Hall–Kier alpha value is -2.39. The van der Waals surface area contributed by atoms with Gasteiger partial charge in [-0.05, 0) is 20.2 Å². The van der Waals surface area contributed by atoms with Crippen LogP contribution in [0.4, 0.5) is 14.6 Å². The van der Waals surface area contributed by atoms with E-state index in [4.69, 9.17) is 11.6 Å². The van der Waals surface area contributed by atoms with Crippen LogP contribution in [0.1, 0.15) is 12.6 Å². The number of aromatic nitrogens is 5. The van der Waals surface area contributed by atoms with Crippen molar-refractivity contribution >= 4 is 28.3 Å². The molecule has 3 aromatic rings. The molecule has 1 aliphatic heterocycles. The Balaban J connectivity index is 1.81. The van der Waals surface area contributed by atoms with Crippen molar-refractivity contribution in [3.8, 4) is 5.95 Å². The number of nitrogens with zero attached hydrogens (tertiary/aromatic N) is 7. The Morgan fingerprint density at radius 1 is 1.26 bits per heavy atom. The summed E-state index contributed by atoms with van der Waals surface area (Å²) in [5.74, 6) is -2.29. The molecule has 1 saturated heterocycles. The lowest BCUT2D eigenvalue weighted by molar-refractivity contribution is 0.0126. The zero-order valence-corrected chi connectivity index (χ0v) is 15.8. The summed E-state index contributed by atoms with van der Waals surface area (Å²) in [5, 5.41) is 5.65. The van der Waals surface area contributed by atoms with Crippen LogP contribution in [0.5, 0.6) is 0 Å². The summed E-state index contributed by atoms with van der Waals surface area (Å²) in [6, 6.07) is 3.27. The van der Waals surface area contributed by atoms with E-state index >= 15 is 0 Å². The molecule has 0 radical (unpaired) electrons.